The van der Waals surface area contributed by atoms with E-state index in [1.165, 1.54) is 6.33 Å². The Bertz CT molecular complexity index is 578. The smallest absolute Gasteiger partial charge is 0.165 e. The fourth-order valence-electron chi connectivity index (χ4n) is 1.87. The van der Waals surface area contributed by atoms with Crippen LogP contribution in [0.1, 0.15) is 26.3 Å². The average Bonchev–Trinajstić information content (AvgIpc) is 2.73. The van der Waals surface area contributed by atoms with E-state index in [1.54, 1.807) is 23.9 Å². The molecular weight excluding hydrogens is 252 g/mol. The Balaban J connectivity index is 2.49. The number of halogens is 1. The van der Waals surface area contributed by atoms with Crippen molar-refractivity contribution >= 4 is 22.8 Å². The van der Waals surface area contributed by atoms with E-state index in [9.17, 15) is 5.11 Å². The highest BCUT2D eigenvalue weighted by Gasteiger charge is 2.29. The van der Waals surface area contributed by atoms with Crippen LogP contribution in [0.2, 0.25) is 5.15 Å². The van der Waals surface area contributed by atoms with E-state index in [2.05, 4.69) is 21.5 Å². The molecule has 0 amide bonds. The highest BCUT2D eigenvalue weighted by atomic mass is 35.5. The van der Waals surface area contributed by atoms with E-state index in [0.717, 1.165) is 0 Å². The Labute approximate surface area is 110 Å². The summed E-state index contributed by atoms with van der Waals surface area (Å²) in [7, 11) is 0. The number of nitrogens with zero attached hydrogens (tertiary/aromatic N) is 4. The molecule has 0 unspecified atom stereocenters. The molecule has 0 spiro atoms. The first-order valence-electron chi connectivity index (χ1n) is 5.63. The molecule has 0 aromatic carbocycles. The van der Waals surface area contributed by atoms with Crippen LogP contribution in [0.15, 0.2) is 25.3 Å². The Hall–Kier alpha value is -1.46. The minimum Gasteiger partial charge on any atom is -0.388 e. The summed E-state index contributed by atoms with van der Waals surface area (Å²) in [6, 6.07) is -0.202. The fraction of sp³-hybridized carbons (Fsp3) is 0.417. The third kappa shape index (κ3) is 2.11. The van der Waals surface area contributed by atoms with Crippen molar-refractivity contribution in [3.8, 4) is 0 Å². The van der Waals surface area contributed by atoms with Gasteiger partial charge in [-0.2, -0.15) is 0 Å². The molecule has 0 saturated heterocycles. The van der Waals surface area contributed by atoms with Gasteiger partial charge in [-0.3, -0.25) is 0 Å². The summed E-state index contributed by atoms with van der Waals surface area (Å²) in [5.41, 5.74) is 0.236. The molecule has 0 bridgehead atoms. The Morgan fingerprint density at radius 3 is 2.94 bits per heavy atom. The quantitative estimate of drug-likeness (QED) is 0.682. The van der Waals surface area contributed by atoms with Gasteiger partial charge in [-0.05, 0) is 20.3 Å². The van der Waals surface area contributed by atoms with Crippen LogP contribution in [0.4, 0.5) is 0 Å². The maximum atomic E-state index is 10.4. The average molecular weight is 267 g/mol. The van der Waals surface area contributed by atoms with Gasteiger partial charge in [-0.25, -0.2) is 15.0 Å². The summed E-state index contributed by atoms with van der Waals surface area (Å²) in [4.78, 5) is 12.2. The van der Waals surface area contributed by atoms with Crippen LogP contribution in [0.5, 0.6) is 0 Å². The molecule has 2 heterocycles. The molecule has 96 valence electrons. The van der Waals surface area contributed by atoms with Crippen molar-refractivity contribution in [2.24, 2.45) is 0 Å². The van der Waals surface area contributed by atoms with Crippen LogP contribution in [-0.4, -0.2) is 30.2 Å². The van der Waals surface area contributed by atoms with Gasteiger partial charge in [0.2, 0.25) is 0 Å². The van der Waals surface area contributed by atoms with Crippen LogP contribution in [-0.2, 0) is 0 Å². The van der Waals surface area contributed by atoms with Gasteiger partial charge >= 0.3 is 0 Å². The lowest BCUT2D eigenvalue weighted by molar-refractivity contribution is 0.0160. The molecule has 2 aromatic heterocycles. The zero-order valence-electron chi connectivity index (χ0n) is 10.3. The second kappa shape index (κ2) is 4.66. The summed E-state index contributed by atoms with van der Waals surface area (Å²) < 4.78 is 1.80. The molecule has 0 aliphatic heterocycles. The first-order valence-corrected chi connectivity index (χ1v) is 6.01. The Morgan fingerprint density at radius 1 is 1.56 bits per heavy atom. The molecule has 0 fully saturated rings. The van der Waals surface area contributed by atoms with Crippen LogP contribution in [0.25, 0.3) is 11.2 Å². The van der Waals surface area contributed by atoms with Gasteiger partial charge in [0.1, 0.15) is 11.8 Å². The zero-order valence-corrected chi connectivity index (χ0v) is 11.1. The van der Waals surface area contributed by atoms with Gasteiger partial charge in [0, 0.05) is 0 Å². The van der Waals surface area contributed by atoms with Crippen molar-refractivity contribution in [3.63, 3.8) is 0 Å². The molecule has 0 radical (unpaired) electrons. The van der Waals surface area contributed by atoms with E-state index in [1.807, 2.05) is 6.92 Å². The molecule has 1 N–H and O–H groups in total. The molecule has 2 aromatic rings. The highest BCUT2D eigenvalue weighted by Crippen LogP contribution is 2.29. The summed E-state index contributed by atoms with van der Waals surface area (Å²) in [5.74, 6) is 0. The predicted molar refractivity (Wildman–Crippen MR) is 70.5 cm³/mol. The van der Waals surface area contributed by atoms with Gasteiger partial charge in [0.05, 0.1) is 18.0 Å². The third-order valence-electron chi connectivity index (χ3n) is 3.19. The largest absolute Gasteiger partial charge is 0.388 e. The molecule has 0 aliphatic carbocycles. The maximum Gasteiger partial charge on any atom is 0.165 e. The molecular formula is C12H15ClN4O. The maximum absolute atomic E-state index is 10.4. The predicted octanol–water partition coefficient (Wildman–Crippen LogP) is 2.37. The lowest BCUT2D eigenvalue weighted by Gasteiger charge is -2.30. The Morgan fingerprint density at radius 2 is 2.28 bits per heavy atom. The fourth-order valence-corrected chi connectivity index (χ4v) is 2.05. The molecule has 0 saturated carbocycles. The van der Waals surface area contributed by atoms with Crippen molar-refractivity contribution < 1.29 is 5.11 Å². The minimum atomic E-state index is -0.924. The number of aliphatic hydroxyl groups is 1. The lowest BCUT2D eigenvalue weighted by atomic mass is 9.94. The monoisotopic (exact) mass is 266 g/mol. The number of hydrogen-bond acceptors (Lipinski definition) is 4. The van der Waals surface area contributed by atoms with Crippen molar-refractivity contribution in [1.29, 1.82) is 0 Å². The molecule has 6 heteroatoms. The zero-order chi connectivity index (χ0) is 13.3. The molecule has 5 nitrogen and oxygen atoms in total. The number of imidazole rings is 1. The van der Waals surface area contributed by atoms with Crippen molar-refractivity contribution in [2.75, 3.05) is 0 Å². The molecule has 2 atom stereocenters. The molecule has 18 heavy (non-hydrogen) atoms. The van der Waals surface area contributed by atoms with Crippen LogP contribution < -0.4 is 0 Å². The van der Waals surface area contributed by atoms with Gasteiger partial charge in [-0.15, -0.1) is 6.58 Å². The van der Waals surface area contributed by atoms with Crippen molar-refractivity contribution in [3.05, 3.63) is 30.5 Å². The van der Waals surface area contributed by atoms with Crippen LogP contribution in [0.3, 0.4) is 0 Å². The summed E-state index contributed by atoms with van der Waals surface area (Å²) in [6.07, 6.45) is 5.18. The van der Waals surface area contributed by atoms with Crippen molar-refractivity contribution in [1.82, 2.24) is 19.5 Å². The third-order valence-corrected chi connectivity index (χ3v) is 3.47. The standard InChI is InChI=1S/C12H15ClN4O/c1-4-5-12(3,18)8(2)17-7-16-9-10(13)14-6-15-11(9)17/h4,6-8,18H,1,5H2,2-3H3/t8-,12+/m1/s1. The first-order chi connectivity index (χ1) is 8.47. The highest BCUT2D eigenvalue weighted by molar-refractivity contribution is 6.33. The SMILES string of the molecule is C=CC[C@](C)(O)[C@@H](C)n1cnc2c(Cl)ncnc21. The van der Waals surface area contributed by atoms with Crippen molar-refractivity contribution in [2.45, 2.75) is 31.9 Å². The number of fused-ring (bicyclic) bond motifs is 1. The van der Waals surface area contributed by atoms with E-state index < -0.39 is 5.60 Å². The normalized spacial score (nSPS) is 16.4. The van der Waals surface area contributed by atoms with Gasteiger partial charge in [0.15, 0.2) is 10.8 Å². The van der Waals surface area contributed by atoms with Crippen LogP contribution >= 0.6 is 11.6 Å². The molecule has 2 rings (SSSR count). The Kier molecular flexibility index (Phi) is 3.36. The second-order valence-electron chi connectivity index (χ2n) is 4.51. The minimum absolute atomic E-state index is 0.202. The van der Waals surface area contributed by atoms with E-state index >= 15 is 0 Å². The lowest BCUT2D eigenvalue weighted by Crippen LogP contribution is -2.34. The molecule has 0 aliphatic rings. The summed E-state index contributed by atoms with van der Waals surface area (Å²) in [5, 5.41) is 10.7. The van der Waals surface area contributed by atoms with Gasteiger partial charge in [0.25, 0.3) is 0 Å². The summed E-state index contributed by atoms with van der Waals surface area (Å²) >= 11 is 5.94. The van der Waals surface area contributed by atoms with E-state index in [4.69, 9.17) is 11.6 Å². The second-order valence-corrected chi connectivity index (χ2v) is 4.87. The first kappa shape index (κ1) is 13.0. The number of aromatic nitrogens is 4. The van der Waals surface area contributed by atoms with E-state index in [-0.39, 0.29) is 6.04 Å². The topological polar surface area (TPSA) is 63.8 Å². The van der Waals surface area contributed by atoms with E-state index in [0.29, 0.717) is 22.7 Å². The van der Waals surface area contributed by atoms with Gasteiger partial charge < -0.3 is 9.67 Å². The summed E-state index contributed by atoms with van der Waals surface area (Å²) in [6.45, 7) is 7.32. The van der Waals surface area contributed by atoms with Gasteiger partial charge in [-0.1, -0.05) is 17.7 Å². The van der Waals surface area contributed by atoms with Crippen LogP contribution in [0, 0.1) is 0 Å². The number of rotatable bonds is 4. The number of hydrogen-bond donors (Lipinski definition) is 1.